The Balaban J connectivity index is 2.02. The Labute approximate surface area is 191 Å². The van der Waals surface area contributed by atoms with Crippen molar-refractivity contribution in [3.63, 3.8) is 0 Å². The number of carbonyl (C=O) groups is 1. The van der Waals surface area contributed by atoms with Crippen LogP contribution < -0.4 is 9.64 Å². The number of anilines is 1. The van der Waals surface area contributed by atoms with Crippen LogP contribution in [0.15, 0.2) is 45.8 Å². The molecule has 3 nitrogen and oxygen atoms in total. The largest absolute Gasteiger partial charge is 0.495 e. The molecule has 0 N–H and O–H groups in total. The molecule has 0 atom stereocenters. The Bertz CT molecular complexity index is 918. The quantitative estimate of drug-likeness (QED) is 0.228. The van der Waals surface area contributed by atoms with Gasteiger partial charge in [0, 0.05) is 13.6 Å². The Hall–Kier alpha value is -0.170. The van der Waals surface area contributed by atoms with Crippen molar-refractivity contribution >= 4 is 107 Å². The smallest absolute Gasteiger partial charge is 0.270 e. The van der Waals surface area contributed by atoms with Crippen molar-refractivity contribution in [1.29, 1.82) is 0 Å². The van der Waals surface area contributed by atoms with Gasteiger partial charge in [0.1, 0.15) is 5.75 Å². The van der Waals surface area contributed by atoms with Gasteiger partial charge in [-0.15, -0.1) is 0 Å². The number of thioether (sulfide) groups is 1. The van der Waals surface area contributed by atoms with Gasteiger partial charge in [-0.25, -0.2) is 0 Å². The maximum atomic E-state index is 12.9. The molecule has 1 aliphatic rings. The van der Waals surface area contributed by atoms with Gasteiger partial charge in [-0.2, -0.15) is 0 Å². The van der Waals surface area contributed by atoms with Crippen LogP contribution in [-0.4, -0.2) is 17.3 Å². The summed E-state index contributed by atoms with van der Waals surface area (Å²) in [5.74, 6) is 0.637. The lowest BCUT2D eigenvalue weighted by Crippen LogP contribution is -2.27. The van der Waals surface area contributed by atoms with E-state index in [1.807, 2.05) is 42.5 Å². The van der Waals surface area contributed by atoms with Crippen molar-refractivity contribution in [2.45, 2.75) is 0 Å². The number of halogens is 3. The van der Waals surface area contributed by atoms with Crippen LogP contribution in [0.1, 0.15) is 5.56 Å². The Morgan fingerprint density at radius 3 is 2.72 bits per heavy atom. The highest BCUT2D eigenvalue weighted by Crippen LogP contribution is 2.38. The summed E-state index contributed by atoms with van der Waals surface area (Å²) in [4.78, 5) is 15.0. The number of thiocarbonyl (C=S) groups is 1. The summed E-state index contributed by atoms with van der Waals surface area (Å²) in [5, 5.41) is 0. The maximum Gasteiger partial charge on any atom is 0.270 e. The van der Waals surface area contributed by atoms with Gasteiger partial charge >= 0.3 is 0 Å². The van der Waals surface area contributed by atoms with E-state index in [0.29, 0.717) is 9.23 Å². The lowest BCUT2D eigenvalue weighted by Gasteiger charge is -2.14. The molecule has 2 aromatic rings. The zero-order valence-corrected chi connectivity index (χ0v) is 20.3. The van der Waals surface area contributed by atoms with Crippen molar-refractivity contribution in [2.24, 2.45) is 0 Å². The third-order valence-electron chi connectivity index (χ3n) is 3.39. The van der Waals surface area contributed by atoms with Crippen molar-refractivity contribution < 1.29 is 9.53 Å². The number of rotatable bonds is 3. The van der Waals surface area contributed by atoms with E-state index in [2.05, 4.69) is 61.1 Å². The summed E-state index contributed by atoms with van der Waals surface area (Å²) in [6.07, 6.45) is 1.85. The van der Waals surface area contributed by atoms with Crippen LogP contribution in [-0.2, 0) is 4.79 Å². The van der Waals surface area contributed by atoms with Crippen molar-refractivity contribution in [3.8, 4) is 5.75 Å². The summed E-state index contributed by atoms with van der Waals surface area (Å²) in [6, 6.07) is 11.6. The van der Waals surface area contributed by atoms with Gasteiger partial charge in [0.2, 0.25) is 0 Å². The first-order chi connectivity index (χ1) is 11.9. The van der Waals surface area contributed by atoms with Gasteiger partial charge in [-0.1, -0.05) is 46.0 Å². The van der Waals surface area contributed by atoms with E-state index in [1.165, 1.54) is 11.8 Å². The molecule has 1 saturated heterocycles. The normalized spacial score (nSPS) is 16.0. The maximum absolute atomic E-state index is 12.9. The summed E-state index contributed by atoms with van der Waals surface area (Å²) < 4.78 is 9.00. The highest BCUT2D eigenvalue weighted by Gasteiger charge is 2.33. The first-order valence-electron chi connectivity index (χ1n) is 6.97. The van der Waals surface area contributed by atoms with Crippen LogP contribution in [0.2, 0.25) is 0 Å². The van der Waals surface area contributed by atoms with Crippen LogP contribution in [0, 0.1) is 7.14 Å². The number of methoxy groups -OCH3 is 1. The Kier molecular flexibility index (Phi) is 6.45. The van der Waals surface area contributed by atoms with E-state index in [0.717, 1.165) is 28.6 Å². The fraction of sp³-hybridized carbons (Fsp3) is 0.0588. The van der Waals surface area contributed by atoms with Crippen LogP contribution in [0.3, 0.4) is 0 Å². The van der Waals surface area contributed by atoms with E-state index >= 15 is 0 Å². The third kappa shape index (κ3) is 4.23. The summed E-state index contributed by atoms with van der Waals surface area (Å²) in [5.41, 5.74) is 1.62. The minimum atomic E-state index is -0.121. The minimum absolute atomic E-state index is 0.121. The first kappa shape index (κ1) is 19.6. The molecule has 128 valence electrons. The fourth-order valence-corrected chi connectivity index (χ4v) is 6.14. The molecule has 0 aliphatic carbocycles. The SMILES string of the molecule is COc1c(I)cc(I)cc1/C=C1/SC(=S)N(c2cccc(Br)c2)C1=O. The zero-order valence-electron chi connectivity index (χ0n) is 12.8. The third-order valence-corrected chi connectivity index (χ3v) is 6.61. The van der Waals surface area contributed by atoms with Gasteiger partial charge in [-0.3, -0.25) is 9.69 Å². The second-order valence-corrected chi connectivity index (χ2v) is 10.0. The monoisotopic (exact) mass is 657 g/mol. The molecule has 0 saturated carbocycles. The Morgan fingerprint density at radius 1 is 1.28 bits per heavy atom. The second kappa shape index (κ2) is 8.24. The number of hydrogen-bond donors (Lipinski definition) is 0. The Morgan fingerprint density at radius 2 is 2.04 bits per heavy atom. The van der Waals surface area contributed by atoms with E-state index in [-0.39, 0.29) is 5.91 Å². The van der Waals surface area contributed by atoms with E-state index in [9.17, 15) is 4.79 Å². The van der Waals surface area contributed by atoms with Crippen LogP contribution in [0.5, 0.6) is 5.75 Å². The summed E-state index contributed by atoms with van der Waals surface area (Å²) in [7, 11) is 1.63. The number of nitrogens with zero attached hydrogens (tertiary/aromatic N) is 1. The average molecular weight is 658 g/mol. The van der Waals surface area contributed by atoms with E-state index < -0.39 is 0 Å². The minimum Gasteiger partial charge on any atom is -0.495 e. The fourth-order valence-electron chi connectivity index (χ4n) is 2.35. The molecule has 0 unspecified atom stereocenters. The van der Waals surface area contributed by atoms with Crippen LogP contribution in [0.4, 0.5) is 5.69 Å². The lowest BCUT2D eigenvalue weighted by molar-refractivity contribution is -0.113. The lowest BCUT2D eigenvalue weighted by atomic mass is 10.2. The molecular weight excluding hydrogens is 648 g/mol. The molecule has 3 rings (SSSR count). The van der Waals surface area contributed by atoms with Crippen molar-refractivity contribution in [3.05, 3.63) is 58.5 Å². The highest BCUT2D eigenvalue weighted by molar-refractivity contribution is 14.1. The molecule has 1 aliphatic heterocycles. The molecule has 0 spiro atoms. The molecule has 0 bridgehead atoms. The van der Waals surface area contributed by atoms with Crippen LogP contribution >= 0.6 is 85.1 Å². The number of hydrogen-bond acceptors (Lipinski definition) is 4. The number of benzene rings is 2. The number of carbonyl (C=O) groups excluding carboxylic acids is 1. The number of amides is 1. The molecule has 8 heteroatoms. The zero-order chi connectivity index (χ0) is 18.1. The highest BCUT2D eigenvalue weighted by atomic mass is 127. The molecular formula is C17H10BrI2NO2S2. The molecule has 25 heavy (non-hydrogen) atoms. The van der Waals surface area contributed by atoms with Gasteiger partial charge in [0.05, 0.1) is 21.3 Å². The summed E-state index contributed by atoms with van der Waals surface area (Å²) in [6.45, 7) is 0. The van der Waals surface area contributed by atoms with E-state index in [4.69, 9.17) is 17.0 Å². The predicted molar refractivity (Wildman–Crippen MR) is 128 cm³/mol. The molecule has 1 heterocycles. The van der Waals surface area contributed by atoms with Crippen LogP contribution in [0.25, 0.3) is 6.08 Å². The number of ether oxygens (including phenoxy) is 1. The molecule has 0 aromatic heterocycles. The molecule has 2 aromatic carbocycles. The van der Waals surface area contributed by atoms with Crippen molar-refractivity contribution in [2.75, 3.05) is 12.0 Å². The topological polar surface area (TPSA) is 29.5 Å². The van der Waals surface area contributed by atoms with E-state index in [1.54, 1.807) is 12.0 Å². The first-order valence-corrected chi connectivity index (χ1v) is 11.1. The standard InChI is InChI=1S/C17H10BrI2NO2S2/c1-23-15-9(5-11(19)8-13(15)20)6-14-16(22)21(17(24)25-14)12-4-2-3-10(18)7-12/h2-8H,1H3/b14-6+. The average Bonchev–Trinajstić information content (AvgIpc) is 2.81. The van der Waals surface area contributed by atoms with Gasteiger partial charge in [0.15, 0.2) is 4.32 Å². The van der Waals surface area contributed by atoms with Gasteiger partial charge < -0.3 is 4.74 Å². The van der Waals surface area contributed by atoms with Gasteiger partial charge in [-0.05, 0) is 81.6 Å². The van der Waals surface area contributed by atoms with Crippen molar-refractivity contribution in [1.82, 2.24) is 0 Å². The van der Waals surface area contributed by atoms with Gasteiger partial charge in [0.25, 0.3) is 5.91 Å². The second-order valence-electron chi connectivity index (χ2n) is 5.01. The molecule has 0 radical (unpaired) electrons. The summed E-state index contributed by atoms with van der Waals surface area (Å²) >= 11 is 14.6. The molecule has 1 fully saturated rings. The molecule has 1 amide bonds. The predicted octanol–water partition coefficient (Wildman–Crippen LogP) is 6.07.